The van der Waals surface area contributed by atoms with Gasteiger partial charge in [-0.05, 0) is 19.2 Å². The van der Waals surface area contributed by atoms with E-state index in [9.17, 15) is 0 Å². The summed E-state index contributed by atoms with van der Waals surface area (Å²) in [6, 6.07) is 4.12. The number of nitrogens with one attached hydrogen (secondary N) is 1. The highest BCUT2D eigenvalue weighted by Gasteiger charge is 2.01. The van der Waals surface area contributed by atoms with Crippen molar-refractivity contribution in [1.82, 2.24) is 5.32 Å². The molecule has 1 aromatic heterocycles. The number of likely N-dealkylation sites (N-methyl/N-ethyl adjacent to an activating group) is 1. The minimum absolute atomic E-state index is 0.894. The minimum atomic E-state index is 0.894. The van der Waals surface area contributed by atoms with E-state index >= 15 is 0 Å². The van der Waals surface area contributed by atoms with Crippen molar-refractivity contribution in [2.75, 3.05) is 19.3 Å². The maximum absolute atomic E-state index is 5.61. The van der Waals surface area contributed by atoms with Crippen LogP contribution >= 0.6 is 11.8 Å². The van der Waals surface area contributed by atoms with Crippen molar-refractivity contribution in [3.8, 4) is 0 Å². The van der Waals surface area contributed by atoms with Gasteiger partial charge in [-0.2, -0.15) is 0 Å². The van der Waals surface area contributed by atoms with E-state index in [0.717, 1.165) is 36.0 Å². The zero-order chi connectivity index (χ0) is 11.1. The van der Waals surface area contributed by atoms with E-state index in [1.165, 1.54) is 5.57 Å². The Morgan fingerprint density at radius 2 is 2.20 bits per heavy atom. The first kappa shape index (κ1) is 12.4. The van der Waals surface area contributed by atoms with Crippen LogP contribution in [0.15, 0.2) is 28.7 Å². The molecule has 0 aromatic carbocycles. The zero-order valence-corrected chi connectivity index (χ0v) is 10.3. The summed E-state index contributed by atoms with van der Waals surface area (Å²) in [5.41, 5.74) is 1.23. The Kier molecular flexibility index (Phi) is 5.58. The number of rotatable bonds is 7. The Labute approximate surface area is 96.1 Å². The predicted octanol–water partition coefficient (Wildman–Crippen LogP) is 2.85. The van der Waals surface area contributed by atoms with E-state index in [4.69, 9.17) is 4.42 Å². The summed E-state index contributed by atoms with van der Waals surface area (Å²) in [5.74, 6) is 4.06. The molecule has 84 valence electrons. The molecule has 0 spiro atoms. The van der Waals surface area contributed by atoms with Gasteiger partial charge in [-0.3, -0.25) is 0 Å². The second-order valence-electron chi connectivity index (χ2n) is 3.49. The molecule has 0 bridgehead atoms. The van der Waals surface area contributed by atoms with Crippen molar-refractivity contribution in [3.05, 3.63) is 35.8 Å². The molecule has 1 heterocycles. The fourth-order valence-corrected chi connectivity index (χ4v) is 2.14. The van der Waals surface area contributed by atoms with E-state index in [2.05, 4.69) is 31.0 Å². The van der Waals surface area contributed by atoms with Gasteiger partial charge in [0.25, 0.3) is 0 Å². The molecule has 1 aromatic rings. The minimum Gasteiger partial charge on any atom is -0.465 e. The summed E-state index contributed by atoms with van der Waals surface area (Å²) >= 11 is 1.84. The third kappa shape index (κ3) is 4.58. The highest BCUT2D eigenvalue weighted by molar-refractivity contribution is 7.98. The lowest BCUT2D eigenvalue weighted by atomic mass is 10.3. The maximum Gasteiger partial charge on any atom is 0.114 e. The van der Waals surface area contributed by atoms with Gasteiger partial charge in [-0.25, -0.2) is 0 Å². The number of hydrogen-bond acceptors (Lipinski definition) is 3. The van der Waals surface area contributed by atoms with Crippen LogP contribution in [0.4, 0.5) is 0 Å². The third-order valence-electron chi connectivity index (χ3n) is 2.04. The normalized spacial score (nSPS) is 10.5. The molecule has 0 unspecified atom stereocenters. The zero-order valence-electron chi connectivity index (χ0n) is 9.51. The molecule has 1 N–H and O–H groups in total. The van der Waals surface area contributed by atoms with Crippen molar-refractivity contribution in [3.63, 3.8) is 0 Å². The van der Waals surface area contributed by atoms with Crippen LogP contribution in [0.3, 0.4) is 0 Å². The summed E-state index contributed by atoms with van der Waals surface area (Å²) in [7, 11) is 1.94. The average Bonchev–Trinajstić information content (AvgIpc) is 2.66. The molecule has 0 saturated carbocycles. The van der Waals surface area contributed by atoms with E-state index in [0.29, 0.717) is 0 Å². The van der Waals surface area contributed by atoms with Crippen LogP contribution in [-0.2, 0) is 12.2 Å². The molecule has 2 nitrogen and oxygen atoms in total. The lowest BCUT2D eigenvalue weighted by Gasteiger charge is -2.03. The molecule has 0 aliphatic heterocycles. The topological polar surface area (TPSA) is 25.2 Å². The largest absolute Gasteiger partial charge is 0.465 e. The Balaban J connectivity index is 2.22. The molecular weight excluding hydrogens is 206 g/mol. The lowest BCUT2D eigenvalue weighted by Crippen LogP contribution is -2.10. The maximum atomic E-state index is 5.61. The summed E-state index contributed by atoms with van der Waals surface area (Å²) in [6.45, 7) is 6.98. The second kappa shape index (κ2) is 6.75. The van der Waals surface area contributed by atoms with Gasteiger partial charge >= 0.3 is 0 Å². The summed E-state index contributed by atoms with van der Waals surface area (Å²) < 4.78 is 5.61. The highest BCUT2D eigenvalue weighted by atomic mass is 32.2. The Morgan fingerprint density at radius 3 is 2.80 bits per heavy atom. The van der Waals surface area contributed by atoms with Crippen LogP contribution in [0.2, 0.25) is 0 Å². The Hall–Kier alpha value is -0.670. The highest BCUT2D eigenvalue weighted by Crippen LogP contribution is 2.17. The van der Waals surface area contributed by atoms with Gasteiger partial charge in [0, 0.05) is 18.7 Å². The summed E-state index contributed by atoms with van der Waals surface area (Å²) in [5, 5.41) is 3.09. The first-order valence-corrected chi connectivity index (χ1v) is 6.38. The predicted molar refractivity (Wildman–Crippen MR) is 67.3 cm³/mol. The average molecular weight is 225 g/mol. The van der Waals surface area contributed by atoms with Crippen molar-refractivity contribution >= 4 is 11.8 Å². The molecule has 15 heavy (non-hydrogen) atoms. The number of aryl methyl sites for hydroxylation is 1. The third-order valence-corrected chi connectivity index (χ3v) is 3.14. The fraction of sp³-hybridized carbons (Fsp3) is 0.500. The first-order chi connectivity index (χ1) is 7.26. The van der Waals surface area contributed by atoms with Gasteiger partial charge in [-0.15, -0.1) is 11.8 Å². The summed E-state index contributed by atoms with van der Waals surface area (Å²) in [6.07, 6.45) is 0.969. The first-order valence-electron chi connectivity index (χ1n) is 5.22. The smallest absolute Gasteiger partial charge is 0.114 e. The van der Waals surface area contributed by atoms with Gasteiger partial charge in [0.1, 0.15) is 11.5 Å². The summed E-state index contributed by atoms with van der Waals surface area (Å²) in [4.78, 5) is 0. The van der Waals surface area contributed by atoms with Gasteiger partial charge < -0.3 is 9.73 Å². The van der Waals surface area contributed by atoms with Crippen molar-refractivity contribution < 1.29 is 4.42 Å². The second-order valence-corrected chi connectivity index (χ2v) is 4.48. The van der Waals surface area contributed by atoms with E-state index < -0.39 is 0 Å². The number of hydrogen-bond donors (Lipinski definition) is 1. The van der Waals surface area contributed by atoms with Crippen molar-refractivity contribution in [1.29, 1.82) is 0 Å². The van der Waals surface area contributed by atoms with Crippen molar-refractivity contribution in [2.24, 2.45) is 0 Å². The monoisotopic (exact) mass is 225 g/mol. The van der Waals surface area contributed by atoms with E-state index in [1.54, 1.807) is 0 Å². The SMILES string of the molecule is C=C(CNC)CSCc1ccc(CC)o1. The van der Waals surface area contributed by atoms with Crippen LogP contribution in [0.1, 0.15) is 18.4 Å². The van der Waals surface area contributed by atoms with Gasteiger partial charge in [0.15, 0.2) is 0 Å². The van der Waals surface area contributed by atoms with Crippen LogP contribution in [-0.4, -0.2) is 19.3 Å². The molecule has 0 fully saturated rings. The number of furan rings is 1. The molecule has 0 saturated heterocycles. The van der Waals surface area contributed by atoms with E-state index in [-0.39, 0.29) is 0 Å². The molecule has 0 aliphatic rings. The molecular formula is C12H19NOS. The Morgan fingerprint density at radius 1 is 1.47 bits per heavy atom. The van der Waals surface area contributed by atoms with E-state index in [1.807, 2.05) is 18.8 Å². The Bertz CT molecular complexity index is 306. The van der Waals surface area contributed by atoms with Crippen LogP contribution < -0.4 is 5.32 Å². The molecule has 0 amide bonds. The van der Waals surface area contributed by atoms with Crippen molar-refractivity contribution in [2.45, 2.75) is 19.1 Å². The molecule has 0 radical (unpaired) electrons. The lowest BCUT2D eigenvalue weighted by molar-refractivity contribution is 0.485. The molecule has 0 aliphatic carbocycles. The van der Waals surface area contributed by atoms with Gasteiger partial charge in [0.2, 0.25) is 0 Å². The quantitative estimate of drug-likeness (QED) is 0.722. The number of thioether (sulfide) groups is 1. The standard InChI is InChI=1S/C12H19NOS/c1-4-11-5-6-12(14-11)9-15-8-10(2)7-13-3/h5-6,13H,2,4,7-9H2,1,3H3. The van der Waals surface area contributed by atoms with Gasteiger partial charge in [-0.1, -0.05) is 19.1 Å². The molecule has 0 atom stereocenters. The van der Waals surface area contributed by atoms with Crippen LogP contribution in [0, 0.1) is 0 Å². The van der Waals surface area contributed by atoms with Crippen LogP contribution in [0.5, 0.6) is 0 Å². The molecule has 1 rings (SSSR count). The molecule has 3 heteroatoms. The van der Waals surface area contributed by atoms with Crippen LogP contribution in [0.25, 0.3) is 0 Å². The van der Waals surface area contributed by atoms with Gasteiger partial charge in [0.05, 0.1) is 5.75 Å². The fourth-order valence-electron chi connectivity index (χ4n) is 1.29.